The van der Waals surface area contributed by atoms with Gasteiger partial charge in [0.25, 0.3) is 5.56 Å². The van der Waals surface area contributed by atoms with E-state index in [2.05, 4.69) is 20.5 Å². The molecule has 188 valence electrons. The molecule has 0 atom stereocenters. The number of halogens is 3. The lowest BCUT2D eigenvalue weighted by molar-refractivity contribution is -0.274. The van der Waals surface area contributed by atoms with Crippen LogP contribution in [0.3, 0.4) is 0 Å². The molecule has 0 aliphatic carbocycles. The van der Waals surface area contributed by atoms with E-state index in [1.807, 2.05) is 0 Å². The number of pyridine rings is 1. The number of nitrogens with one attached hydrogen (secondary N) is 2. The molecule has 0 aliphatic rings. The lowest BCUT2D eigenvalue weighted by Gasteiger charge is -2.22. The maximum absolute atomic E-state index is 12.9. The zero-order valence-electron chi connectivity index (χ0n) is 19.2. The van der Waals surface area contributed by atoms with Crippen LogP contribution in [-0.2, 0) is 16.1 Å². The Labute approximate surface area is 203 Å². The number of aryl methyl sites for hydroxylation is 1. The van der Waals surface area contributed by atoms with Crippen molar-refractivity contribution in [3.63, 3.8) is 0 Å². The fourth-order valence-corrected chi connectivity index (χ4v) is 3.15. The third kappa shape index (κ3) is 6.72. The summed E-state index contributed by atoms with van der Waals surface area (Å²) >= 11 is 0. The lowest BCUT2D eigenvalue weighted by atomic mass is 10.1. The normalized spacial score (nSPS) is 11.5. The summed E-state index contributed by atoms with van der Waals surface area (Å²) in [6.45, 7) is 1.59. The Hall–Kier alpha value is -4.61. The molecule has 0 radical (unpaired) electrons. The number of carbonyl (C=O) groups is 2. The number of hydrazine groups is 1. The molecule has 1 heterocycles. The van der Waals surface area contributed by atoms with Crippen LogP contribution in [0.1, 0.15) is 11.1 Å². The predicted octanol–water partition coefficient (Wildman–Crippen LogP) is 3.05. The van der Waals surface area contributed by atoms with Gasteiger partial charge in [0.2, 0.25) is 12.3 Å². The standard InChI is InChI=1S/C24H22F3N5O4/c1-16-6-3-4-7-19(16)22(29-20-8-5-13-31(23(20)35)14-21(34)28-2)30-32(15-33)17-9-11-18(12-10-17)36-24(25,26)27/h3-13,15H,14H2,1-2H3,(H,28,34)(H,29,30). The van der Waals surface area contributed by atoms with Crippen molar-refractivity contribution in [2.45, 2.75) is 19.8 Å². The minimum Gasteiger partial charge on any atom is -0.406 e. The summed E-state index contributed by atoms with van der Waals surface area (Å²) in [5.74, 6) is -0.711. The van der Waals surface area contributed by atoms with Crippen LogP contribution >= 0.6 is 0 Å². The van der Waals surface area contributed by atoms with E-state index in [-0.39, 0.29) is 29.7 Å². The van der Waals surface area contributed by atoms with Crippen LogP contribution in [0.25, 0.3) is 0 Å². The zero-order chi connectivity index (χ0) is 26.3. The fourth-order valence-electron chi connectivity index (χ4n) is 3.15. The van der Waals surface area contributed by atoms with Crippen LogP contribution in [0, 0.1) is 6.92 Å². The fraction of sp³-hybridized carbons (Fsp3) is 0.167. The summed E-state index contributed by atoms with van der Waals surface area (Å²) in [6, 6.07) is 14.7. The summed E-state index contributed by atoms with van der Waals surface area (Å²) in [4.78, 5) is 41.0. The zero-order valence-corrected chi connectivity index (χ0v) is 19.2. The Balaban J connectivity index is 2.01. The number of likely N-dealkylation sites (N-methyl/N-ethyl adjacent to an activating group) is 1. The summed E-state index contributed by atoms with van der Waals surface area (Å²) in [5, 5.41) is 3.43. The molecule has 2 aromatic carbocycles. The molecule has 2 amide bonds. The second kappa shape index (κ2) is 11.2. The minimum absolute atomic E-state index is 0.00747. The molecule has 3 aromatic rings. The Morgan fingerprint density at radius 2 is 1.81 bits per heavy atom. The van der Waals surface area contributed by atoms with Crippen LogP contribution in [0.4, 0.5) is 24.5 Å². The molecule has 12 heteroatoms. The first kappa shape index (κ1) is 26.0. The van der Waals surface area contributed by atoms with Gasteiger partial charge in [-0.3, -0.25) is 19.8 Å². The van der Waals surface area contributed by atoms with Crippen LogP contribution in [0.2, 0.25) is 0 Å². The number of alkyl halides is 3. The van der Waals surface area contributed by atoms with Gasteiger partial charge in [0.1, 0.15) is 18.0 Å². The number of benzene rings is 2. The van der Waals surface area contributed by atoms with Crippen molar-refractivity contribution < 1.29 is 27.5 Å². The van der Waals surface area contributed by atoms with Crippen molar-refractivity contribution >= 4 is 29.5 Å². The van der Waals surface area contributed by atoms with Crippen LogP contribution in [0.5, 0.6) is 5.75 Å². The monoisotopic (exact) mass is 501 g/mol. The van der Waals surface area contributed by atoms with E-state index in [4.69, 9.17) is 0 Å². The number of aromatic nitrogens is 1. The SMILES string of the molecule is CNC(=O)Cn1cccc(N=C(NN(C=O)c2ccc(OC(F)(F)F)cc2)c2ccccc2C)c1=O. The lowest BCUT2D eigenvalue weighted by Crippen LogP contribution is -2.42. The Bertz CT molecular complexity index is 1320. The van der Waals surface area contributed by atoms with Gasteiger partial charge in [-0.1, -0.05) is 24.3 Å². The topological polar surface area (TPSA) is 105 Å². The van der Waals surface area contributed by atoms with E-state index in [1.165, 1.54) is 36.0 Å². The number of amides is 2. The maximum atomic E-state index is 12.9. The van der Waals surface area contributed by atoms with E-state index in [9.17, 15) is 27.6 Å². The maximum Gasteiger partial charge on any atom is 0.573 e. The smallest absolute Gasteiger partial charge is 0.406 e. The van der Waals surface area contributed by atoms with Gasteiger partial charge in [-0.2, -0.15) is 0 Å². The van der Waals surface area contributed by atoms with Crippen molar-refractivity contribution in [2.24, 2.45) is 4.99 Å². The van der Waals surface area contributed by atoms with Gasteiger partial charge in [-0.05, 0) is 48.9 Å². The molecular formula is C24H22F3N5O4. The first-order valence-corrected chi connectivity index (χ1v) is 10.5. The molecule has 9 nitrogen and oxygen atoms in total. The van der Waals surface area contributed by atoms with Gasteiger partial charge in [-0.25, -0.2) is 10.0 Å². The number of anilines is 1. The average Bonchev–Trinajstić information content (AvgIpc) is 2.84. The highest BCUT2D eigenvalue weighted by atomic mass is 19.4. The van der Waals surface area contributed by atoms with E-state index in [1.54, 1.807) is 37.3 Å². The van der Waals surface area contributed by atoms with Crippen molar-refractivity contribution in [2.75, 3.05) is 12.1 Å². The number of aliphatic imine (C=N–C) groups is 1. The van der Waals surface area contributed by atoms with Gasteiger partial charge in [0.15, 0.2) is 5.84 Å². The molecular weight excluding hydrogens is 479 g/mol. The van der Waals surface area contributed by atoms with Gasteiger partial charge in [-0.15, -0.1) is 13.2 Å². The number of nitrogens with zero attached hydrogens (tertiary/aromatic N) is 3. The van der Waals surface area contributed by atoms with Crippen LogP contribution in [-0.4, -0.2) is 36.1 Å². The first-order valence-electron chi connectivity index (χ1n) is 10.5. The van der Waals surface area contributed by atoms with Gasteiger partial charge in [0, 0.05) is 18.8 Å². The minimum atomic E-state index is -4.85. The number of hydrogen-bond donors (Lipinski definition) is 2. The second-order valence-electron chi connectivity index (χ2n) is 7.40. The van der Waals surface area contributed by atoms with Crippen molar-refractivity contribution in [1.82, 2.24) is 15.3 Å². The number of rotatable bonds is 8. The molecule has 0 saturated carbocycles. The number of ether oxygens (including phenoxy) is 1. The average molecular weight is 501 g/mol. The number of carbonyl (C=O) groups excluding carboxylic acids is 2. The molecule has 2 N–H and O–H groups in total. The summed E-state index contributed by atoms with van der Waals surface area (Å²) in [7, 11) is 1.45. The predicted molar refractivity (Wildman–Crippen MR) is 127 cm³/mol. The highest BCUT2D eigenvalue weighted by molar-refractivity contribution is 6.03. The molecule has 0 aliphatic heterocycles. The van der Waals surface area contributed by atoms with Crippen molar-refractivity contribution in [3.05, 3.63) is 88.3 Å². The third-order valence-corrected chi connectivity index (χ3v) is 4.91. The van der Waals surface area contributed by atoms with E-state index >= 15 is 0 Å². The number of amidine groups is 1. The molecule has 0 spiro atoms. The second-order valence-corrected chi connectivity index (χ2v) is 7.40. The summed E-state index contributed by atoms with van der Waals surface area (Å²) < 4.78 is 42.4. The van der Waals surface area contributed by atoms with Crippen LogP contribution < -0.4 is 26.0 Å². The highest BCUT2D eigenvalue weighted by Gasteiger charge is 2.31. The van der Waals surface area contributed by atoms with Gasteiger partial charge >= 0.3 is 6.36 Å². The van der Waals surface area contributed by atoms with Gasteiger partial charge in [0.05, 0.1) is 5.69 Å². The first-order chi connectivity index (χ1) is 17.1. The molecule has 3 rings (SSSR count). The van der Waals surface area contributed by atoms with Crippen molar-refractivity contribution in [1.29, 1.82) is 0 Å². The Morgan fingerprint density at radius 3 is 2.42 bits per heavy atom. The summed E-state index contributed by atoms with van der Waals surface area (Å²) in [6.07, 6.45) is -3.00. The Kier molecular flexibility index (Phi) is 8.10. The molecule has 1 aromatic heterocycles. The largest absolute Gasteiger partial charge is 0.573 e. The quantitative estimate of drug-likeness (QED) is 0.214. The Morgan fingerprint density at radius 1 is 1.11 bits per heavy atom. The molecule has 0 unspecified atom stereocenters. The highest BCUT2D eigenvalue weighted by Crippen LogP contribution is 2.25. The van der Waals surface area contributed by atoms with E-state index in [0.717, 1.165) is 22.7 Å². The molecule has 36 heavy (non-hydrogen) atoms. The molecule has 0 bridgehead atoms. The van der Waals surface area contributed by atoms with Crippen LogP contribution in [0.15, 0.2) is 76.6 Å². The molecule has 0 saturated heterocycles. The van der Waals surface area contributed by atoms with E-state index in [0.29, 0.717) is 12.0 Å². The van der Waals surface area contributed by atoms with Crippen molar-refractivity contribution in [3.8, 4) is 5.75 Å². The number of hydrogen-bond acceptors (Lipinski definition) is 5. The molecule has 0 fully saturated rings. The van der Waals surface area contributed by atoms with E-state index < -0.39 is 17.7 Å². The van der Waals surface area contributed by atoms with Gasteiger partial charge < -0.3 is 14.6 Å². The summed E-state index contributed by atoms with van der Waals surface area (Å²) in [5.41, 5.74) is 3.78. The third-order valence-electron chi connectivity index (χ3n) is 4.91.